The number of hydrogen-bond donors (Lipinski definition) is 0. The molecule has 0 bridgehead atoms. The second kappa shape index (κ2) is 9.09. The van der Waals surface area contributed by atoms with Crippen LogP contribution in [0.15, 0.2) is 23.9 Å². The summed E-state index contributed by atoms with van der Waals surface area (Å²) in [5.74, 6) is -0.340. The maximum absolute atomic E-state index is 14.0. The van der Waals surface area contributed by atoms with E-state index in [9.17, 15) is 8.78 Å². The Balaban J connectivity index is 1.32. The lowest BCUT2D eigenvalue weighted by molar-refractivity contribution is 0.0678. The zero-order chi connectivity index (χ0) is 19.5. The van der Waals surface area contributed by atoms with Gasteiger partial charge in [0.15, 0.2) is 0 Å². The van der Waals surface area contributed by atoms with Crippen LogP contribution in [0.5, 0.6) is 0 Å². The number of piperidine rings is 1. The number of likely N-dealkylation sites (tertiary alicyclic amines) is 2. The molecular weight excluding hydrogens is 378 g/mol. The molecule has 0 aliphatic carbocycles. The Kier molecular flexibility index (Phi) is 6.53. The van der Waals surface area contributed by atoms with Crippen LogP contribution >= 0.6 is 11.8 Å². The second-order valence-electron chi connectivity index (χ2n) is 8.34. The number of thioether (sulfide) groups is 1. The molecule has 1 aromatic rings. The molecule has 0 radical (unpaired) electrons. The van der Waals surface area contributed by atoms with E-state index in [1.807, 2.05) is 6.20 Å². The van der Waals surface area contributed by atoms with Gasteiger partial charge in [-0.2, -0.15) is 0 Å². The van der Waals surface area contributed by atoms with Gasteiger partial charge in [-0.05, 0) is 56.5 Å². The monoisotopic (exact) mass is 408 g/mol. The molecule has 3 aliphatic heterocycles. The number of aromatic nitrogens is 1. The highest BCUT2D eigenvalue weighted by Crippen LogP contribution is 2.33. The van der Waals surface area contributed by atoms with Crippen LogP contribution in [-0.4, -0.2) is 57.4 Å². The molecule has 4 heterocycles. The van der Waals surface area contributed by atoms with Crippen LogP contribution in [0.2, 0.25) is 0 Å². The zero-order valence-corrected chi connectivity index (χ0v) is 17.4. The summed E-state index contributed by atoms with van der Waals surface area (Å²) in [6.45, 7) is 7.36. The summed E-state index contributed by atoms with van der Waals surface area (Å²) < 4.78 is 27.1. The van der Waals surface area contributed by atoms with Gasteiger partial charge in [0, 0.05) is 31.4 Å². The summed E-state index contributed by atoms with van der Waals surface area (Å²) in [5, 5.41) is 2.06. The first-order valence-electron chi connectivity index (χ1n) is 10.5. The third-order valence-corrected chi connectivity index (χ3v) is 7.42. The van der Waals surface area contributed by atoms with Crippen molar-refractivity contribution >= 4 is 11.8 Å². The van der Waals surface area contributed by atoms with Crippen molar-refractivity contribution in [3.8, 4) is 0 Å². The third-order valence-electron chi connectivity index (χ3n) is 6.33. The second-order valence-corrected chi connectivity index (χ2v) is 9.31. The standard InChI is InChI=1S/C21H30F2N4S/c1-16-3-2-7-25(8-4-16)18-5-9-26(10-6-18)21-27(11-12-28-21)15-20-19(23)13-17(22)14-24-20/h11-14,16,18,21H,2-10,15H2,1H3. The molecule has 0 saturated carbocycles. The molecule has 0 spiro atoms. The van der Waals surface area contributed by atoms with E-state index in [4.69, 9.17) is 0 Å². The molecule has 0 N–H and O–H groups in total. The highest BCUT2D eigenvalue weighted by Gasteiger charge is 2.33. The SMILES string of the molecule is CC1CCCN(C2CCN(C3SC=CN3Cc3ncc(F)cc3F)CC2)CC1. The van der Waals surface area contributed by atoms with Crippen molar-refractivity contribution in [2.75, 3.05) is 26.2 Å². The van der Waals surface area contributed by atoms with Gasteiger partial charge in [-0.25, -0.2) is 8.78 Å². The minimum atomic E-state index is -0.630. The lowest BCUT2D eigenvalue weighted by atomic mass is 10.0. The molecule has 0 amide bonds. The molecule has 154 valence electrons. The molecule has 2 atom stereocenters. The van der Waals surface area contributed by atoms with Gasteiger partial charge in [0.2, 0.25) is 0 Å². The molecule has 4 nitrogen and oxygen atoms in total. The molecule has 4 rings (SSSR count). The van der Waals surface area contributed by atoms with Crippen molar-refractivity contribution in [2.45, 2.75) is 57.1 Å². The number of rotatable bonds is 4. The largest absolute Gasteiger partial charge is 0.347 e. The number of nitrogens with zero attached hydrogens (tertiary/aromatic N) is 4. The molecule has 0 aromatic carbocycles. The average molecular weight is 409 g/mol. The Morgan fingerprint density at radius 1 is 1.07 bits per heavy atom. The summed E-state index contributed by atoms with van der Waals surface area (Å²) in [5.41, 5.74) is 0.475. The van der Waals surface area contributed by atoms with E-state index in [0.717, 1.165) is 31.3 Å². The van der Waals surface area contributed by atoms with Crippen molar-refractivity contribution in [1.29, 1.82) is 0 Å². The fraction of sp³-hybridized carbons (Fsp3) is 0.667. The van der Waals surface area contributed by atoms with E-state index in [1.165, 1.54) is 45.2 Å². The van der Waals surface area contributed by atoms with Crippen LogP contribution in [-0.2, 0) is 6.54 Å². The molecule has 2 unspecified atom stereocenters. The predicted molar refractivity (Wildman–Crippen MR) is 109 cm³/mol. The molecular formula is C21H30F2N4S. The van der Waals surface area contributed by atoms with E-state index in [0.29, 0.717) is 18.3 Å². The minimum Gasteiger partial charge on any atom is -0.347 e. The summed E-state index contributed by atoms with van der Waals surface area (Å²) in [7, 11) is 0. The van der Waals surface area contributed by atoms with Crippen LogP contribution in [0.1, 0.15) is 44.7 Å². The van der Waals surface area contributed by atoms with Crippen molar-refractivity contribution in [1.82, 2.24) is 19.7 Å². The van der Waals surface area contributed by atoms with E-state index < -0.39 is 11.6 Å². The van der Waals surface area contributed by atoms with Gasteiger partial charge < -0.3 is 9.80 Å². The predicted octanol–water partition coefficient (Wildman–Crippen LogP) is 4.25. The molecule has 2 saturated heterocycles. The summed E-state index contributed by atoms with van der Waals surface area (Å²) in [6, 6.07) is 1.61. The highest BCUT2D eigenvalue weighted by molar-refractivity contribution is 8.02. The first-order valence-corrected chi connectivity index (χ1v) is 11.4. The molecule has 2 fully saturated rings. The van der Waals surface area contributed by atoms with Gasteiger partial charge >= 0.3 is 0 Å². The Bertz CT molecular complexity index is 693. The van der Waals surface area contributed by atoms with E-state index >= 15 is 0 Å². The Morgan fingerprint density at radius 3 is 2.64 bits per heavy atom. The molecule has 28 heavy (non-hydrogen) atoms. The van der Waals surface area contributed by atoms with Gasteiger partial charge in [-0.1, -0.05) is 18.7 Å². The van der Waals surface area contributed by atoms with Crippen molar-refractivity contribution in [3.05, 3.63) is 41.2 Å². The molecule has 1 aromatic heterocycles. The first-order chi connectivity index (χ1) is 13.6. The topological polar surface area (TPSA) is 22.6 Å². The van der Waals surface area contributed by atoms with E-state index in [-0.39, 0.29) is 5.50 Å². The maximum atomic E-state index is 14.0. The van der Waals surface area contributed by atoms with Crippen molar-refractivity contribution in [2.24, 2.45) is 5.92 Å². The Hall–Kier alpha value is -1.18. The maximum Gasteiger partial charge on any atom is 0.149 e. The van der Waals surface area contributed by atoms with Gasteiger partial charge in [-0.15, -0.1) is 0 Å². The van der Waals surface area contributed by atoms with Gasteiger partial charge in [0.05, 0.1) is 18.4 Å². The normalized spacial score (nSPS) is 28.0. The highest BCUT2D eigenvalue weighted by atomic mass is 32.2. The van der Waals surface area contributed by atoms with E-state index in [1.54, 1.807) is 11.8 Å². The van der Waals surface area contributed by atoms with Crippen LogP contribution < -0.4 is 0 Å². The number of halogens is 2. The zero-order valence-electron chi connectivity index (χ0n) is 16.6. The summed E-state index contributed by atoms with van der Waals surface area (Å²) >= 11 is 1.76. The summed E-state index contributed by atoms with van der Waals surface area (Å²) in [6.07, 6.45) is 9.50. The fourth-order valence-electron chi connectivity index (χ4n) is 4.62. The van der Waals surface area contributed by atoms with Crippen LogP contribution in [0.3, 0.4) is 0 Å². The minimum absolute atomic E-state index is 0.177. The van der Waals surface area contributed by atoms with Crippen molar-refractivity contribution in [3.63, 3.8) is 0 Å². The van der Waals surface area contributed by atoms with Gasteiger partial charge in [0.1, 0.15) is 17.1 Å². The number of hydrogen-bond acceptors (Lipinski definition) is 5. The van der Waals surface area contributed by atoms with Gasteiger partial charge in [-0.3, -0.25) is 9.88 Å². The van der Waals surface area contributed by atoms with Gasteiger partial charge in [0.25, 0.3) is 0 Å². The quantitative estimate of drug-likeness (QED) is 0.741. The lowest BCUT2D eigenvalue weighted by Gasteiger charge is -2.42. The summed E-state index contributed by atoms with van der Waals surface area (Å²) in [4.78, 5) is 11.3. The Morgan fingerprint density at radius 2 is 1.86 bits per heavy atom. The van der Waals surface area contributed by atoms with E-state index in [2.05, 4.69) is 32.0 Å². The average Bonchev–Trinajstić information content (AvgIpc) is 3.04. The smallest absolute Gasteiger partial charge is 0.149 e. The fourth-order valence-corrected chi connectivity index (χ4v) is 5.67. The Labute approximate surface area is 171 Å². The molecule has 7 heteroatoms. The van der Waals surface area contributed by atoms with Crippen LogP contribution in [0.25, 0.3) is 0 Å². The number of pyridine rings is 1. The van der Waals surface area contributed by atoms with Crippen molar-refractivity contribution < 1.29 is 8.78 Å². The lowest BCUT2D eigenvalue weighted by Crippen LogP contribution is -2.50. The third kappa shape index (κ3) is 4.69. The van der Waals surface area contributed by atoms with Crippen LogP contribution in [0.4, 0.5) is 8.78 Å². The molecule has 3 aliphatic rings. The van der Waals surface area contributed by atoms with Crippen LogP contribution in [0, 0.1) is 17.6 Å². The first kappa shape index (κ1) is 20.1.